The lowest BCUT2D eigenvalue weighted by Crippen LogP contribution is -2.24. The SMILES string of the molecule is CN1CCC(Sc2nnc(-c3ccc(F)cc3)n2Cc2ccccc2)C1=O. The maximum atomic E-state index is 13.3. The van der Waals surface area contributed by atoms with E-state index in [0.717, 1.165) is 24.1 Å². The Balaban J connectivity index is 1.70. The third-order valence-corrected chi connectivity index (χ3v) is 5.86. The molecule has 0 radical (unpaired) electrons. The molecule has 0 saturated carbocycles. The molecule has 1 fully saturated rings. The number of hydrogen-bond donors (Lipinski definition) is 0. The van der Waals surface area contributed by atoms with E-state index < -0.39 is 0 Å². The highest BCUT2D eigenvalue weighted by Gasteiger charge is 2.32. The third-order valence-electron chi connectivity index (χ3n) is 4.63. The molecule has 0 bridgehead atoms. The van der Waals surface area contributed by atoms with Gasteiger partial charge in [0.25, 0.3) is 0 Å². The molecule has 1 aromatic heterocycles. The first-order valence-corrected chi connectivity index (χ1v) is 9.64. The highest BCUT2D eigenvalue weighted by Crippen LogP contribution is 2.32. The lowest BCUT2D eigenvalue weighted by molar-refractivity contribution is -0.126. The lowest BCUT2D eigenvalue weighted by atomic mass is 10.2. The number of thioether (sulfide) groups is 1. The number of halogens is 1. The average Bonchev–Trinajstić information content (AvgIpc) is 3.22. The molecule has 1 aliphatic heterocycles. The molecule has 5 nitrogen and oxygen atoms in total. The van der Waals surface area contributed by atoms with Crippen LogP contribution in [0.25, 0.3) is 11.4 Å². The van der Waals surface area contributed by atoms with Crippen molar-refractivity contribution in [3.05, 3.63) is 66.0 Å². The van der Waals surface area contributed by atoms with Gasteiger partial charge >= 0.3 is 0 Å². The fourth-order valence-corrected chi connectivity index (χ4v) is 4.25. The number of aromatic nitrogens is 3. The fraction of sp³-hybridized carbons (Fsp3) is 0.250. The van der Waals surface area contributed by atoms with Gasteiger partial charge in [-0.1, -0.05) is 42.1 Å². The van der Waals surface area contributed by atoms with E-state index in [1.165, 1.54) is 23.9 Å². The van der Waals surface area contributed by atoms with Crippen molar-refractivity contribution in [2.75, 3.05) is 13.6 Å². The summed E-state index contributed by atoms with van der Waals surface area (Å²) >= 11 is 1.45. The number of hydrogen-bond acceptors (Lipinski definition) is 4. The first-order chi connectivity index (χ1) is 13.1. The summed E-state index contributed by atoms with van der Waals surface area (Å²) in [6.07, 6.45) is 0.796. The van der Waals surface area contributed by atoms with Crippen LogP contribution in [0.3, 0.4) is 0 Å². The second-order valence-electron chi connectivity index (χ2n) is 6.54. The maximum Gasteiger partial charge on any atom is 0.235 e. The molecule has 0 N–H and O–H groups in total. The van der Waals surface area contributed by atoms with E-state index in [4.69, 9.17) is 0 Å². The van der Waals surface area contributed by atoms with Crippen molar-refractivity contribution >= 4 is 17.7 Å². The van der Waals surface area contributed by atoms with Gasteiger partial charge in [-0.05, 0) is 36.2 Å². The van der Waals surface area contributed by atoms with Crippen LogP contribution in [-0.2, 0) is 11.3 Å². The Hall–Kier alpha value is -2.67. The second-order valence-corrected chi connectivity index (χ2v) is 7.71. The van der Waals surface area contributed by atoms with Crippen molar-refractivity contribution < 1.29 is 9.18 Å². The van der Waals surface area contributed by atoms with Gasteiger partial charge in [0.05, 0.1) is 11.8 Å². The molecule has 1 aliphatic rings. The molecule has 0 spiro atoms. The predicted molar refractivity (Wildman–Crippen MR) is 103 cm³/mol. The summed E-state index contributed by atoms with van der Waals surface area (Å²) < 4.78 is 15.3. The van der Waals surface area contributed by atoms with Crippen molar-refractivity contribution in [2.45, 2.75) is 23.4 Å². The molecule has 1 unspecified atom stereocenters. The van der Waals surface area contributed by atoms with E-state index in [1.54, 1.807) is 17.0 Å². The zero-order chi connectivity index (χ0) is 18.8. The lowest BCUT2D eigenvalue weighted by Gasteiger charge is -2.13. The summed E-state index contributed by atoms with van der Waals surface area (Å²) in [4.78, 5) is 14.0. The Bertz CT molecular complexity index is 942. The van der Waals surface area contributed by atoms with Crippen LogP contribution < -0.4 is 0 Å². The molecule has 1 amide bonds. The minimum atomic E-state index is -0.290. The van der Waals surface area contributed by atoms with E-state index in [0.29, 0.717) is 17.5 Å². The van der Waals surface area contributed by atoms with Crippen LogP contribution in [-0.4, -0.2) is 44.4 Å². The number of carbonyl (C=O) groups excluding carboxylic acids is 1. The molecule has 7 heteroatoms. The molecule has 1 saturated heterocycles. The summed E-state index contributed by atoms with van der Waals surface area (Å²) in [5.41, 5.74) is 1.90. The van der Waals surface area contributed by atoms with Crippen molar-refractivity contribution in [1.82, 2.24) is 19.7 Å². The normalized spacial score (nSPS) is 16.9. The van der Waals surface area contributed by atoms with E-state index in [2.05, 4.69) is 10.2 Å². The molecule has 0 aliphatic carbocycles. The molecule has 3 aromatic rings. The topological polar surface area (TPSA) is 51.0 Å². The zero-order valence-corrected chi connectivity index (χ0v) is 15.7. The molecule has 4 rings (SSSR count). The summed E-state index contributed by atoms with van der Waals surface area (Å²) in [7, 11) is 1.82. The molecule has 138 valence electrons. The maximum absolute atomic E-state index is 13.3. The van der Waals surface area contributed by atoms with Crippen LogP contribution in [0, 0.1) is 5.82 Å². The number of likely N-dealkylation sites (tertiary alicyclic amines) is 1. The molecular formula is C20H19FN4OS. The van der Waals surface area contributed by atoms with Gasteiger partial charge in [0.1, 0.15) is 5.82 Å². The number of carbonyl (C=O) groups is 1. The van der Waals surface area contributed by atoms with Gasteiger partial charge in [0.2, 0.25) is 5.91 Å². The highest BCUT2D eigenvalue weighted by atomic mass is 32.2. The fourth-order valence-electron chi connectivity index (χ4n) is 3.12. The van der Waals surface area contributed by atoms with E-state index in [-0.39, 0.29) is 17.0 Å². The Kier molecular flexibility index (Phi) is 4.94. The Morgan fingerprint density at radius 3 is 2.52 bits per heavy atom. The van der Waals surface area contributed by atoms with Crippen LogP contribution in [0.15, 0.2) is 59.8 Å². The summed E-state index contributed by atoms with van der Waals surface area (Å²) in [5.74, 6) is 0.500. The average molecular weight is 382 g/mol. The van der Waals surface area contributed by atoms with E-state index in [1.807, 2.05) is 41.9 Å². The minimum Gasteiger partial charge on any atom is -0.345 e. The monoisotopic (exact) mass is 382 g/mol. The Morgan fingerprint density at radius 1 is 1.11 bits per heavy atom. The second kappa shape index (κ2) is 7.52. The van der Waals surface area contributed by atoms with Crippen molar-refractivity contribution in [2.24, 2.45) is 0 Å². The van der Waals surface area contributed by atoms with Crippen LogP contribution in [0.2, 0.25) is 0 Å². The first-order valence-electron chi connectivity index (χ1n) is 8.76. The minimum absolute atomic E-state index is 0.123. The smallest absolute Gasteiger partial charge is 0.235 e. The molecule has 2 heterocycles. The standard InChI is InChI=1S/C20H19FN4OS/c1-24-12-11-17(19(24)26)27-20-23-22-18(15-7-9-16(21)10-8-15)25(20)13-14-5-3-2-4-6-14/h2-10,17H,11-13H2,1H3. The van der Waals surface area contributed by atoms with Crippen LogP contribution in [0.4, 0.5) is 4.39 Å². The Labute approximate surface area is 161 Å². The van der Waals surface area contributed by atoms with Crippen LogP contribution in [0.5, 0.6) is 0 Å². The zero-order valence-electron chi connectivity index (χ0n) is 14.9. The highest BCUT2D eigenvalue weighted by molar-refractivity contribution is 8.00. The summed E-state index contributed by atoms with van der Waals surface area (Å²) in [5, 5.41) is 9.25. The molecule has 2 aromatic carbocycles. The van der Waals surface area contributed by atoms with Crippen LogP contribution >= 0.6 is 11.8 Å². The number of nitrogens with zero attached hydrogens (tertiary/aromatic N) is 4. The summed E-state index contributed by atoms with van der Waals surface area (Å²) in [6.45, 7) is 1.34. The van der Waals surface area contributed by atoms with E-state index in [9.17, 15) is 9.18 Å². The van der Waals surface area contributed by atoms with Crippen molar-refractivity contribution in [3.8, 4) is 11.4 Å². The predicted octanol–water partition coefficient (Wildman–Crippen LogP) is 3.46. The largest absolute Gasteiger partial charge is 0.345 e. The molecular weight excluding hydrogens is 363 g/mol. The third kappa shape index (κ3) is 3.73. The Morgan fingerprint density at radius 2 is 1.85 bits per heavy atom. The quantitative estimate of drug-likeness (QED) is 0.678. The van der Waals surface area contributed by atoms with Gasteiger partial charge < -0.3 is 4.90 Å². The summed E-state index contributed by atoms with van der Waals surface area (Å²) in [6, 6.07) is 16.2. The van der Waals surface area contributed by atoms with E-state index >= 15 is 0 Å². The van der Waals surface area contributed by atoms with Gasteiger partial charge in [-0.3, -0.25) is 9.36 Å². The number of amides is 1. The number of rotatable bonds is 5. The number of benzene rings is 2. The van der Waals surface area contributed by atoms with Gasteiger partial charge in [-0.25, -0.2) is 4.39 Å². The van der Waals surface area contributed by atoms with Crippen molar-refractivity contribution in [3.63, 3.8) is 0 Å². The first kappa shape index (κ1) is 17.7. The molecule has 27 heavy (non-hydrogen) atoms. The van der Waals surface area contributed by atoms with Gasteiger partial charge in [0, 0.05) is 19.2 Å². The van der Waals surface area contributed by atoms with Gasteiger partial charge in [-0.2, -0.15) is 0 Å². The van der Waals surface area contributed by atoms with Gasteiger partial charge in [0.15, 0.2) is 11.0 Å². The van der Waals surface area contributed by atoms with Crippen molar-refractivity contribution in [1.29, 1.82) is 0 Å². The van der Waals surface area contributed by atoms with Crippen LogP contribution in [0.1, 0.15) is 12.0 Å². The molecule has 1 atom stereocenters. The van der Waals surface area contributed by atoms with Gasteiger partial charge in [-0.15, -0.1) is 10.2 Å².